The van der Waals surface area contributed by atoms with Crippen molar-refractivity contribution in [3.63, 3.8) is 0 Å². The van der Waals surface area contributed by atoms with Gasteiger partial charge in [-0.15, -0.1) is 0 Å². The molecule has 0 radical (unpaired) electrons. The predicted octanol–water partition coefficient (Wildman–Crippen LogP) is 0.572. The molecule has 1 aliphatic rings. The number of likely N-dealkylation sites (N-methyl/N-ethyl adjacent to an activating group) is 1. The Hall–Kier alpha value is -1.35. The summed E-state index contributed by atoms with van der Waals surface area (Å²) in [4.78, 5) is 4.61. The standard InChI is InChI=1S/C16H27N3O4S/c1-17(2)7-8-18-9-11-19(12-10-18)24(20,21)16-6-5-14(22-3)13-15(16)23-4/h5-6,13H,7-12H2,1-4H3. The number of nitrogens with zero attached hydrogens (tertiary/aromatic N) is 3. The highest BCUT2D eigenvalue weighted by Crippen LogP contribution is 2.30. The third kappa shape index (κ3) is 4.38. The van der Waals surface area contributed by atoms with Gasteiger partial charge in [0.2, 0.25) is 10.0 Å². The van der Waals surface area contributed by atoms with Crippen LogP contribution in [0.4, 0.5) is 0 Å². The van der Waals surface area contributed by atoms with Gasteiger partial charge in [0, 0.05) is 45.3 Å². The second kappa shape index (κ2) is 8.15. The lowest BCUT2D eigenvalue weighted by atomic mass is 10.3. The average molecular weight is 357 g/mol. The molecule has 1 aromatic rings. The van der Waals surface area contributed by atoms with Gasteiger partial charge in [0.1, 0.15) is 16.4 Å². The van der Waals surface area contributed by atoms with Crippen molar-refractivity contribution in [1.29, 1.82) is 0 Å². The first kappa shape index (κ1) is 19.0. The van der Waals surface area contributed by atoms with Crippen molar-refractivity contribution in [2.45, 2.75) is 4.90 Å². The Balaban J connectivity index is 2.09. The fourth-order valence-corrected chi connectivity index (χ4v) is 4.22. The molecule has 0 spiro atoms. The van der Waals surface area contributed by atoms with Gasteiger partial charge in [0.25, 0.3) is 0 Å². The van der Waals surface area contributed by atoms with Gasteiger partial charge >= 0.3 is 0 Å². The molecule has 0 bridgehead atoms. The van der Waals surface area contributed by atoms with Gasteiger partial charge in [0.05, 0.1) is 14.2 Å². The zero-order valence-corrected chi connectivity index (χ0v) is 15.7. The third-order valence-corrected chi connectivity index (χ3v) is 6.12. The van der Waals surface area contributed by atoms with E-state index in [1.165, 1.54) is 18.5 Å². The maximum absolute atomic E-state index is 12.9. The van der Waals surface area contributed by atoms with Crippen LogP contribution < -0.4 is 9.47 Å². The van der Waals surface area contributed by atoms with E-state index in [2.05, 4.69) is 9.80 Å². The van der Waals surface area contributed by atoms with Crippen molar-refractivity contribution in [2.24, 2.45) is 0 Å². The first-order valence-corrected chi connectivity index (χ1v) is 9.41. The zero-order chi connectivity index (χ0) is 17.7. The molecule has 0 saturated carbocycles. The largest absolute Gasteiger partial charge is 0.497 e. The molecular formula is C16H27N3O4S. The smallest absolute Gasteiger partial charge is 0.246 e. The second-order valence-electron chi connectivity index (χ2n) is 6.07. The highest BCUT2D eigenvalue weighted by Gasteiger charge is 2.30. The number of methoxy groups -OCH3 is 2. The summed E-state index contributed by atoms with van der Waals surface area (Å²) in [5.41, 5.74) is 0. The van der Waals surface area contributed by atoms with Crippen LogP contribution in [0.15, 0.2) is 23.1 Å². The van der Waals surface area contributed by atoms with E-state index in [1.54, 1.807) is 18.2 Å². The SMILES string of the molecule is COc1ccc(S(=O)(=O)N2CCN(CCN(C)C)CC2)c(OC)c1. The molecule has 0 N–H and O–H groups in total. The number of sulfonamides is 1. The number of ether oxygens (including phenoxy) is 2. The van der Waals surface area contributed by atoms with Gasteiger partial charge in [-0.3, -0.25) is 4.90 Å². The number of hydrogen-bond donors (Lipinski definition) is 0. The molecule has 0 atom stereocenters. The Morgan fingerprint density at radius 3 is 2.29 bits per heavy atom. The number of hydrogen-bond acceptors (Lipinski definition) is 6. The normalized spacial score (nSPS) is 17.2. The van der Waals surface area contributed by atoms with Gasteiger partial charge in [0.15, 0.2) is 0 Å². The molecule has 0 aromatic heterocycles. The molecule has 1 aromatic carbocycles. The van der Waals surface area contributed by atoms with E-state index in [9.17, 15) is 8.42 Å². The van der Waals surface area contributed by atoms with Crippen molar-refractivity contribution in [3.05, 3.63) is 18.2 Å². The van der Waals surface area contributed by atoms with Crippen LogP contribution in [0.5, 0.6) is 11.5 Å². The Bertz CT molecular complexity index is 641. The minimum atomic E-state index is -3.57. The summed E-state index contributed by atoms with van der Waals surface area (Å²) in [5.74, 6) is 0.878. The van der Waals surface area contributed by atoms with Gasteiger partial charge in [-0.2, -0.15) is 4.31 Å². The molecule has 0 aliphatic carbocycles. The topological polar surface area (TPSA) is 62.3 Å². The summed E-state index contributed by atoms with van der Waals surface area (Å²) < 4.78 is 37.7. The maximum Gasteiger partial charge on any atom is 0.246 e. The molecule has 24 heavy (non-hydrogen) atoms. The van der Waals surface area contributed by atoms with E-state index in [0.717, 1.165) is 26.2 Å². The molecule has 0 amide bonds. The first-order valence-electron chi connectivity index (χ1n) is 7.97. The highest BCUT2D eigenvalue weighted by molar-refractivity contribution is 7.89. The van der Waals surface area contributed by atoms with Crippen molar-refractivity contribution in [2.75, 3.05) is 67.6 Å². The summed E-state index contributed by atoms with van der Waals surface area (Å²) in [7, 11) is 3.51. The van der Waals surface area contributed by atoms with Crippen LogP contribution in [0.25, 0.3) is 0 Å². The van der Waals surface area contributed by atoms with Crippen molar-refractivity contribution < 1.29 is 17.9 Å². The highest BCUT2D eigenvalue weighted by atomic mass is 32.2. The van der Waals surface area contributed by atoms with Gasteiger partial charge < -0.3 is 14.4 Å². The predicted molar refractivity (Wildman–Crippen MR) is 93.3 cm³/mol. The van der Waals surface area contributed by atoms with E-state index in [0.29, 0.717) is 24.6 Å². The monoisotopic (exact) mass is 357 g/mol. The van der Waals surface area contributed by atoms with Gasteiger partial charge in [-0.25, -0.2) is 8.42 Å². The lowest BCUT2D eigenvalue weighted by Gasteiger charge is -2.34. The molecular weight excluding hydrogens is 330 g/mol. The van der Waals surface area contributed by atoms with Crippen molar-refractivity contribution >= 4 is 10.0 Å². The molecule has 1 fully saturated rings. The van der Waals surface area contributed by atoms with Gasteiger partial charge in [-0.1, -0.05) is 0 Å². The molecule has 1 heterocycles. The molecule has 2 rings (SSSR count). The minimum Gasteiger partial charge on any atom is -0.497 e. The quantitative estimate of drug-likeness (QED) is 0.711. The number of rotatable bonds is 7. The number of piperazine rings is 1. The van der Waals surface area contributed by atoms with E-state index in [-0.39, 0.29) is 4.90 Å². The maximum atomic E-state index is 12.9. The van der Waals surface area contributed by atoms with Crippen LogP contribution in [0.2, 0.25) is 0 Å². The van der Waals surface area contributed by atoms with Crippen LogP contribution in [-0.4, -0.2) is 90.1 Å². The summed E-state index contributed by atoms with van der Waals surface area (Å²) in [6.45, 7) is 4.39. The molecule has 136 valence electrons. The molecule has 1 aliphatic heterocycles. The summed E-state index contributed by atoms with van der Waals surface area (Å²) in [6, 6.07) is 4.79. The van der Waals surface area contributed by atoms with Crippen LogP contribution >= 0.6 is 0 Å². The molecule has 8 heteroatoms. The molecule has 0 unspecified atom stereocenters. The fraction of sp³-hybridized carbons (Fsp3) is 0.625. The summed E-state index contributed by atoms with van der Waals surface area (Å²) in [5, 5.41) is 0. The van der Waals surface area contributed by atoms with E-state index in [1.807, 2.05) is 14.1 Å². The van der Waals surface area contributed by atoms with Crippen LogP contribution in [0.1, 0.15) is 0 Å². The Labute approximate surface area is 144 Å². The first-order chi connectivity index (χ1) is 11.4. The van der Waals surface area contributed by atoms with Crippen LogP contribution in [0.3, 0.4) is 0 Å². The Morgan fingerprint density at radius 1 is 1.08 bits per heavy atom. The van der Waals surface area contributed by atoms with E-state index >= 15 is 0 Å². The number of benzene rings is 1. The summed E-state index contributed by atoms with van der Waals surface area (Å²) in [6.07, 6.45) is 0. The lowest BCUT2D eigenvalue weighted by molar-refractivity contribution is 0.174. The third-order valence-electron chi connectivity index (χ3n) is 4.18. The minimum absolute atomic E-state index is 0.188. The van der Waals surface area contributed by atoms with Crippen molar-refractivity contribution in [1.82, 2.24) is 14.1 Å². The van der Waals surface area contributed by atoms with Crippen LogP contribution in [0, 0.1) is 0 Å². The van der Waals surface area contributed by atoms with Crippen LogP contribution in [-0.2, 0) is 10.0 Å². The summed E-state index contributed by atoms with van der Waals surface area (Å²) >= 11 is 0. The zero-order valence-electron chi connectivity index (χ0n) is 14.9. The van der Waals surface area contributed by atoms with Gasteiger partial charge in [-0.05, 0) is 26.2 Å². The Kier molecular flexibility index (Phi) is 6.45. The Morgan fingerprint density at radius 2 is 1.75 bits per heavy atom. The average Bonchev–Trinajstić information content (AvgIpc) is 2.59. The van der Waals surface area contributed by atoms with Crippen molar-refractivity contribution in [3.8, 4) is 11.5 Å². The lowest BCUT2D eigenvalue weighted by Crippen LogP contribution is -2.49. The fourth-order valence-electron chi connectivity index (χ4n) is 2.66. The molecule has 7 nitrogen and oxygen atoms in total. The second-order valence-corrected chi connectivity index (χ2v) is 7.97. The van der Waals surface area contributed by atoms with E-state index < -0.39 is 10.0 Å². The van der Waals surface area contributed by atoms with E-state index in [4.69, 9.17) is 9.47 Å². The molecule has 1 saturated heterocycles.